The maximum absolute atomic E-state index is 13.8. The fourth-order valence-corrected chi connectivity index (χ4v) is 9.94. The molecule has 9 rings (SSSR count). The smallest absolute Gasteiger partial charge is 0.258 e. The number of amides is 2. The van der Waals surface area contributed by atoms with E-state index in [0.717, 1.165) is 66.6 Å². The van der Waals surface area contributed by atoms with Gasteiger partial charge < -0.3 is 55.6 Å². The van der Waals surface area contributed by atoms with Crippen LogP contribution >= 0.6 is 0 Å². The summed E-state index contributed by atoms with van der Waals surface area (Å²) in [6.45, 7) is 31.6. The van der Waals surface area contributed by atoms with Crippen LogP contribution in [-0.4, -0.2) is 90.3 Å². The molecule has 2 amide bonds. The quantitative estimate of drug-likeness (QED) is 0.0625. The summed E-state index contributed by atoms with van der Waals surface area (Å²) in [5, 5.41) is 54.2. The molecule has 6 aromatic carbocycles. The van der Waals surface area contributed by atoms with E-state index in [2.05, 4.69) is 162 Å². The largest absolute Gasteiger partial charge is 0.507 e. The average molecular weight is 1160 g/mol. The van der Waals surface area contributed by atoms with Crippen LogP contribution in [0.2, 0.25) is 0 Å². The minimum atomic E-state index is -0.323. The number of carbonyl (C=O) groups excluding carboxylic acids is 2. The highest BCUT2D eigenvalue weighted by molar-refractivity contribution is 5.79. The fourth-order valence-electron chi connectivity index (χ4n) is 9.94. The van der Waals surface area contributed by atoms with Crippen LogP contribution in [0.15, 0.2) is 97.1 Å². The topological polar surface area (TPSA) is 235 Å². The molecule has 0 atom stereocenters. The lowest BCUT2D eigenvalue weighted by molar-refractivity contribution is -0.124. The molecule has 0 aliphatic heterocycles. The molecular formula is C70H92N6O9. The van der Waals surface area contributed by atoms with Gasteiger partial charge in [-0.15, -0.1) is 0 Å². The first-order chi connectivity index (χ1) is 40.0. The Kier molecular flexibility index (Phi) is 22.2. The lowest BCUT2D eigenvalue weighted by Gasteiger charge is -2.28. The fraction of sp³-hybridized carbons (Fsp3) is 0.429. The number of ether oxygens (including phenoxy) is 2. The highest BCUT2D eigenvalue weighted by Gasteiger charge is 2.29. The Labute approximate surface area is 502 Å². The number of phenolic OH excluding ortho intramolecular Hbond substituents is 2. The van der Waals surface area contributed by atoms with Crippen molar-refractivity contribution in [3.8, 4) is 23.0 Å². The number of carbonyl (C=O) groups is 2. The first-order valence-electron chi connectivity index (χ1n) is 29.5. The predicted molar refractivity (Wildman–Crippen MR) is 340 cm³/mol. The third-order valence-corrected chi connectivity index (χ3v) is 14.5. The Morgan fingerprint density at radius 2 is 0.694 bits per heavy atom. The molecule has 1 aliphatic rings. The van der Waals surface area contributed by atoms with Crippen molar-refractivity contribution in [2.45, 2.75) is 164 Å². The molecule has 0 unspecified atom stereocenters. The van der Waals surface area contributed by atoms with Crippen molar-refractivity contribution in [1.29, 1.82) is 0 Å². The highest BCUT2D eigenvalue weighted by Crippen LogP contribution is 2.44. The summed E-state index contributed by atoms with van der Waals surface area (Å²) in [5.41, 5.74) is 12.3. The summed E-state index contributed by atoms with van der Waals surface area (Å²) in [4.78, 5) is 43.5. The number of nitrogens with zero attached hydrogens (tertiary/aromatic N) is 2. The lowest BCUT2D eigenvalue weighted by Crippen LogP contribution is -2.29. The van der Waals surface area contributed by atoms with Crippen LogP contribution in [0.25, 0.3) is 22.1 Å². The Bertz CT molecular complexity index is 3170. The van der Waals surface area contributed by atoms with Crippen LogP contribution in [-0.2, 0) is 70.0 Å². The van der Waals surface area contributed by atoms with Crippen LogP contribution in [0.3, 0.4) is 0 Å². The predicted octanol–water partition coefficient (Wildman–Crippen LogP) is 12.1. The van der Waals surface area contributed by atoms with E-state index in [9.17, 15) is 19.8 Å². The Hall–Kier alpha value is -7.72. The van der Waals surface area contributed by atoms with Crippen molar-refractivity contribution in [2.75, 3.05) is 33.0 Å². The molecule has 15 nitrogen and oxygen atoms in total. The number of hydrogen-bond donors (Lipinski definition) is 9. The van der Waals surface area contributed by atoms with E-state index in [0.29, 0.717) is 45.4 Å². The first-order valence-corrected chi connectivity index (χ1v) is 29.5. The van der Waals surface area contributed by atoms with Crippen LogP contribution in [0.4, 0.5) is 0 Å². The molecule has 8 aromatic rings. The summed E-state index contributed by atoms with van der Waals surface area (Å²) in [6, 6.07) is 32.4. The van der Waals surface area contributed by atoms with Crippen molar-refractivity contribution < 1.29 is 44.6 Å². The van der Waals surface area contributed by atoms with Crippen molar-refractivity contribution in [1.82, 2.24) is 30.6 Å². The van der Waals surface area contributed by atoms with Gasteiger partial charge >= 0.3 is 0 Å². The van der Waals surface area contributed by atoms with Crippen LogP contribution in [0.1, 0.15) is 182 Å². The zero-order chi connectivity index (χ0) is 62.6. The molecule has 85 heavy (non-hydrogen) atoms. The highest BCUT2D eigenvalue weighted by atomic mass is 16.5. The molecule has 0 saturated heterocycles. The molecule has 1 aliphatic carbocycles. The van der Waals surface area contributed by atoms with Gasteiger partial charge in [-0.05, 0) is 133 Å². The van der Waals surface area contributed by atoms with Gasteiger partial charge in [0.05, 0.1) is 35.2 Å². The van der Waals surface area contributed by atoms with Gasteiger partial charge in [-0.1, -0.05) is 156 Å². The van der Waals surface area contributed by atoms with E-state index in [1.807, 2.05) is 48.5 Å². The standard InChI is InChI=1S/C64H74N6O6.3C2H6O/c1-61(2,3)45-25-37-21-41-29-47(63(7,8)9)31-43(59(41)75-35-55(71)65-33-53-67-49-17-13-14-18-50(49)68-53)23-39-27-46(62(4,5)6)28-40(58(39)74)24-44-32-48(64(10,11)12)30-42(22-38(26-45)57(37)73)60(44)76-36-56(72)66-34-54-69-51-19-15-16-20-52(51)70-54;3*1-2-3/h13-20,25-32,73-74H,21-24,33-36H2,1-12H3,(H,65,71)(H,66,72)(H,67,68)(H,69,70);3*3H,2H2,1H3. The summed E-state index contributed by atoms with van der Waals surface area (Å²) in [5.74, 6) is 1.96. The van der Waals surface area contributed by atoms with Crippen molar-refractivity contribution >= 4 is 33.9 Å². The van der Waals surface area contributed by atoms with Crippen molar-refractivity contribution in [3.63, 3.8) is 0 Å². The van der Waals surface area contributed by atoms with E-state index in [1.54, 1.807) is 20.8 Å². The number of aliphatic hydroxyl groups is 3. The number of fused-ring (bicyclic) bond motifs is 10. The second kappa shape index (κ2) is 28.4. The second-order valence-corrected chi connectivity index (χ2v) is 25.7. The maximum atomic E-state index is 13.8. The third kappa shape index (κ3) is 17.7. The van der Waals surface area contributed by atoms with Crippen LogP contribution < -0.4 is 20.1 Å². The van der Waals surface area contributed by atoms with E-state index in [1.165, 1.54) is 0 Å². The number of rotatable bonds is 10. The van der Waals surface area contributed by atoms with Gasteiger partial charge in [-0.25, -0.2) is 9.97 Å². The summed E-state index contributed by atoms with van der Waals surface area (Å²) >= 11 is 0. The number of imidazole rings is 2. The molecule has 456 valence electrons. The van der Waals surface area contributed by atoms with Crippen molar-refractivity contribution in [2.24, 2.45) is 0 Å². The van der Waals surface area contributed by atoms with E-state index < -0.39 is 0 Å². The summed E-state index contributed by atoms with van der Waals surface area (Å²) < 4.78 is 13.5. The van der Waals surface area contributed by atoms with Gasteiger partial charge in [0.15, 0.2) is 13.2 Å². The number of phenols is 2. The van der Waals surface area contributed by atoms with Gasteiger partial charge in [0.25, 0.3) is 11.8 Å². The monoisotopic (exact) mass is 1160 g/mol. The first kappa shape index (κ1) is 66.4. The Morgan fingerprint density at radius 3 is 0.941 bits per heavy atom. The van der Waals surface area contributed by atoms with E-state index >= 15 is 0 Å². The third-order valence-electron chi connectivity index (χ3n) is 14.5. The number of benzene rings is 6. The molecule has 0 fully saturated rings. The molecule has 9 N–H and O–H groups in total. The number of aromatic nitrogens is 4. The molecule has 15 heteroatoms. The number of aromatic hydroxyl groups is 2. The second-order valence-electron chi connectivity index (χ2n) is 25.7. The number of aliphatic hydroxyl groups excluding tert-OH is 3. The lowest BCUT2D eigenvalue weighted by atomic mass is 9.79. The number of para-hydroxylation sites is 4. The van der Waals surface area contributed by atoms with E-state index in [4.69, 9.17) is 24.8 Å². The van der Waals surface area contributed by atoms with Crippen LogP contribution in [0, 0.1) is 0 Å². The molecule has 0 saturated carbocycles. The minimum absolute atomic E-state index is 0.146. The van der Waals surface area contributed by atoms with Gasteiger partial charge in [0, 0.05) is 45.5 Å². The van der Waals surface area contributed by atoms with Gasteiger partial charge in [-0.2, -0.15) is 0 Å². The molecule has 8 bridgehead atoms. The number of hydrogen-bond acceptors (Lipinski definition) is 11. The number of aromatic amines is 2. The minimum Gasteiger partial charge on any atom is -0.507 e. The summed E-state index contributed by atoms with van der Waals surface area (Å²) in [6.07, 6.45) is 1.10. The molecule has 2 aromatic heterocycles. The zero-order valence-corrected chi connectivity index (χ0v) is 52.8. The summed E-state index contributed by atoms with van der Waals surface area (Å²) in [7, 11) is 0. The molecule has 0 spiro atoms. The molecule has 2 heterocycles. The van der Waals surface area contributed by atoms with E-state index in [-0.39, 0.29) is 117 Å². The number of H-pyrrole nitrogens is 2. The van der Waals surface area contributed by atoms with Gasteiger partial charge in [-0.3, -0.25) is 9.59 Å². The van der Waals surface area contributed by atoms with Gasteiger partial charge in [0.1, 0.15) is 34.6 Å². The normalized spacial score (nSPS) is 12.4. The zero-order valence-electron chi connectivity index (χ0n) is 52.8. The molecule has 0 radical (unpaired) electrons. The van der Waals surface area contributed by atoms with Crippen LogP contribution in [0.5, 0.6) is 23.0 Å². The van der Waals surface area contributed by atoms with Gasteiger partial charge in [0.2, 0.25) is 0 Å². The Morgan fingerprint density at radius 1 is 0.447 bits per heavy atom. The number of nitrogens with one attached hydrogen (secondary N) is 4. The van der Waals surface area contributed by atoms with Crippen molar-refractivity contribution in [3.05, 3.63) is 175 Å². The Balaban J connectivity index is 0.00000121. The molecular weight excluding hydrogens is 1070 g/mol. The maximum Gasteiger partial charge on any atom is 0.258 e. The SMILES string of the molecule is CC(C)(C)c1cc2c(O)c(c1)Cc1cc(C(C)(C)C)cc(c1OCC(=O)NCc1nc3ccccc3[nH]1)Cc1cc(C(C)(C)C)cc(c1O)Cc1cc(C(C)(C)C)cc(c1OCC(=O)NCc1nc3ccccc3[nH]1)C2.CCO.CCO.CCO. The average Bonchev–Trinajstić information content (AvgIpc) is 2.57.